The molecular weight excluding hydrogens is 164 g/mol. The van der Waals surface area contributed by atoms with E-state index in [2.05, 4.69) is 9.97 Å². The summed E-state index contributed by atoms with van der Waals surface area (Å²) in [6.07, 6.45) is 8.45. The molecule has 1 saturated carbocycles. The third-order valence-corrected chi connectivity index (χ3v) is 2.66. The summed E-state index contributed by atoms with van der Waals surface area (Å²) >= 11 is 0. The summed E-state index contributed by atoms with van der Waals surface area (Å²) in [6.45, 7) is 0. The summed E-state index contributed by atoms with van der Waals surface area (Å²) in [7, 11) is 0. The number of hydrogen-bond acceptors (Lipinski definition) is 2. The van der Waals surface area contributed by atoms with Crippen molar-refractivity contribution >= 4 is 5.78 Å². The Hall–Kier alpha value is -1.12. The molecular formula is C10H14N2O. The molecule has 0 unspecified atom stereocenters. The first kappa shape index (κ1) is 8.48. The zero-order chi connectivity index (χ0) is 9.10. The Bertz CT molecular complexity index is 275. The zero-order valence-electron chi connectivity index (χ0n) is 7.62. The highest BCUT2D eigenvalue weighted by atomic mass is 16.1. The lowest BCUT2D eigenvalue weighted by atomic mass is 9.81. The average molecular weight is 178 g/mol. The number of nitrogens with zero attached hydrogens (tertiary/aromatic N) is 1. The minimum absolute atomic E-state index is 0.319. The molecule has 1 aliphatic carbocycles. The normalized spacial score (nSPS) is 16.9. The van der Waals surface area contributed by atoms with E-state index in [0.717, 1.165) is 12.2 Å². The van der Waals surface area contributed by atoms with Crippen molar-refractivity contribution in [1.29, 1.82) is 0 Å². The fraction of sp³-hybridized carbons (Fsp3) is 0.600. The van der Waals surface area contributed by atoms with Crippen molar-refractivity contribution in [3.63, 3.8) is 0 Å². The highest BCUT2D eigenvalue weighted by Gasteiger charge is 2.20. The number of aromatic amines is 1. The van der Waals surface area contributed by atoms with Gasteiger partial charge < -0.3 is 4.98 Å². The molecule has 0 amide bonds. The lowest BCUT2D eigenvalue weighted by molar-refractivity contribution is -0.120. The molecule has 1 N–H and O–H groups in total. The lowest BCUT2D eigenvalue weighted by Crippen LogP contribution is -2.17. The second kappa shape index (κ2) is 3.73. The number of carbonyl (C=O) groups is 1. The van der Waals surface area contributed by atoms with E-state index >= 15 is 0 Å². The molecule has 0 radical (unpaired) electrons. The summed E-state index contributed by atoms with van der Waals surface area (Å²) in [4.78, 5) is 18.4. The Morgan fingerprint density at radius 2 is 2.46 bits per heavy atom. The molecule has 0 atom stereocenters. The maximum absolute atomic E-state index is 11.5. The van der Waals surface area contributed by atoms with Gasteiger partial charge >= 0.3 is 0 Å². The summed E-state index contributed by atoms with van der Waals surface area (Å²) in [5.74, 6) is 1.78. The largest absolute Gasteiger partial charge is 0.348 e. The summed E-state index contributed by atoms with van der Waals surface area (Å²) < 4.78 is 0. The third-order valence-electron chi connectivity index (χ3n) is 2.66. The summed E-state index contributed by atoms with van der Waals surface area (Å²) in [6, 6.07) is 0. The van der Waals surface area contributed by atoms with Gasteiger partial charge in [0.25, 0.3) is 0 Å². The quantitative estimate of drug-likeness (QED) is 0.762. The van der Waals surface area contributed by atoms with Crippen LogP contribution < -0.4 is 0 Å². The van der Waals surface area contributed by atoms with Crippen molar-refractivity contribution in [1.82, 2.24) is 9.97 Å². The molecule has 0 spiro atoms. The van der Waals surface area contributed by atoms with E-state index in [9.17, 15) is 4.79 Å². The van der Waals surface area contributed by atoms with Crippen molar-refractivity contribution in [2.45, 2.75) is 32.1 Å². The number of aromatic nitrogens is 2. The molecule has 0 aliphatic heterocycles. The molecule has 13 heavy (non-hydrogen) atoms. The molecule has 3 heteroatoms. The van der Waals surface area contributed by atoms with E-state index in [1.165, 1.54) is 19.3 Å². The van der Waals surface area contributed by atoms with Crippen LogP contribution in [0.4, 0.5) is 0 Å². The van der Waals surface area contributed by atoms with Gasteiger partial charge in [-0.1, -0.05) is 19.3 Å². The van der Waals surface area contributed by atoms with Gasteiger partial charge in [0.1, 0.15) is 11.6 Å². The first-order chi connectivity index (χ1) is 6.34. The van der Waals surface area contributed by atoms with Crippen molar-refractivity contribution in [2.24, 2.45) is 5.92 Å². The van der Waals surface area contributed by atoms with Crippen LogP contribution in [0.5, 0.6) is 0 Å². The first-order valence-electron chi connectivity index (χ1n) is 4.84. The van der Waals surface area contributed by atoms with Crippen molar-refractivity contribution in [2.75, 3.05) is 0 Å². The van der Waals surface area contributed by atoms with Crippen molar-refractivity contribution < 1.29 is 4.79 Å². The van der Waals surface area contributed by atoms with E-state index in [4.69, 9.17) is 0 Å². The second-order valence-electron chi connectivity index (χ2n) is 3.75. The predicted octanol–water partition coefficient (Wildman–Crippen LogP) is 1.71. The second-order valence-corrected chi connectivity index (χ2v) is 3.75. The van der Waals surface area contributed by atoms with Gasteiger partial charge in [0.15, 0.2) is 0 Å². The van der Waals surface area contributed by atoms with Gasteiger partial charge in [0, 0.05) is 18.8 Å². The molecule has 0 saturated heterocycles. The third kappa shape index (κ3) is 2.17. The van der Waals surface area contributed by atoms with Crippen molar-refractivity contribution in [3.8, 4) is 0 Å². The van der Waals surface area contributed by atoms with Crippen LogP contribution in [-0.2, 0) is 11.2 Å². The Morgan fingerprint density at radius 1 is 1.62 bits per heavy atom. The van der Waals surface area contributed by atoms with E-state index in [0.29, 0.717) is 18.1 Å². The number of H-pyrrole nitrogens is 1. The van der Waals surface area contributed by atoms with Gasteiger partial charge in [-0.25, -0.2) is 4.98 Å². The SMILES string of the molecule is O=C(Cc1ncc[nH]1)CC1CCC1. The van der Waals surface area contributed by atoms with Crippen LogP contribution >= 0.6 is 0 Å². The Balaban J connectivity index is 1.78. The first-order valence-corrected chi connectivity index (χ1v) is 4.84. The highest BCUT2D eigenvalue weighted by molar-refractivity contribution is 5.80. The summed E-state index contributed by atoms with van der Waals surface area (Å²) in [5.41, 5.74) is 0. The van der Waals surface area contributed by atoms with Crippen LogP contribution in [0.2, 0.25) is 0 Å². The fourth-order valence-electron chi connectivity index (χ4n) is 1.67. The number of Topliss-reactive ketones (excluding diaryl/α,β-unsaturated/α-hetero) is 1. The average Bonchev–Trinajstić information content (AvgIpc) is 2.49. The molecule has 1 aliphatic rings. The van der Waals surface area contributed by atoms with E-state index in [1.807, 2.05) is 0 Å². The van der Waals surface area contributed by atoms with Crippen molar-refractivity contribution in [3.05, 3.63) is 18.2 Å². The van der Waals surface area contributed by atoms with Crippen LogP contribution in [0.15, 0.2) is 12.4 Å². The molecule has 70 valence electrons. The Labute approximate surface area is 77.6 Å². The molecule has 2 rings (SSSR count). The number of carbonyl (C=O) groups excluding carboxylic acids is 1. The van der Waals surface area contributed by atoms with E-state index in [-0.39, 0.29) is 0 Å². The number of ketones is 1. The van der Waals surface area contributed by atoms with Gasteiger partial charge in [-0.2, -0.15) is 0 Å². The maximum atomic E-state index is 11.5. The molecule has 1 aromatic rings. The number of imidazole rings is 1. The van der Waals surface area contributed by atoms with Gasteiger partial charge in [-0.3, -0.25) is 4.79 Å². The van der Waals surface area contributed by atoms with Gasteiger partial charge in [0.2, 0.25) is 0 Å². The molecule has 1 heterocycles. The molecule has 1 aromatic heterocycles. The lowest BCUT2D eigenvalue weighted by Gasteiger charge is -2.24. The minimum atomic E-state index is 0.319. The number of hydrogen-bond donors (Lipinski definition) is 1. The standard InChI is InChI=1S/C10H14N2O/c13-9(6-8-2-1-3-8)7-10-11-4-5-12-10/h4-5,8H,1-3,6-7H2,(H,11,12). The predicted molar refractivity (Wildman–Crippen MR) is 49.3 cm³/mol. The zero-order valence-corrected chi connectivity index (χ0v) is 7.62. The van der Waals surface area contributed by atoms with Crippen LogP contribution in [0, 0.1) is 5.92 Å². The Kier molecular flexibility index (Phi) is 2.43. The van der Waals surface area contributed by atoms with Gasteiger partial charge in [-0.05, 0) is 5.92 Å². The molecule has 3 nitrogen and oxygen atoms in total. The molecule has 0 bridgehead atoms. The minimum Gasteiger partial charge on any atom is -0.348 e. The topological polar surface area (TPSA) is 45.8 Å². The van der Waals surface area contributed by atoms with Crippen LogP contribution in [-0.4, -0.2) is 15.8 Å². The molecule has 1 fully saturated rings. The molecule has 0 aromatic carbocycles. The smallest absolute Gasteiger partial charge is 0.140 e. The van der Waals surface area contributed by atoms with Crippen LogP contribution in [0.1, 0.15) is 31.5 Å². The number of rotatable bonds is 4. The highest BCUT2D eigenvalue weighted by Crippen LogP contribution is 2.29. The summed E-state index contributed by atoms with van der Waals surface area (Å²) in [5, 5.41) is 0. The van der Waals surface area contributed by atoms with Gasteiger partial charge in [-0.15, -0.1) is 0 Å². The Morgan fingerprint density at radius 3 is 3.00 bits per heavy atom. The van der Waals surface area contributed by atoms with Gasteiger partial charge in [0.05, 0.1) is 6.42 Å². The van der Waals surface area contributed by atoms with E-state index < -0.39 is 0 Å². The van der Waals surface area contributed by atoms with E-state index in [1.54, 1.807) is 12.4 Å². The van der Waals surface area contributed by atoms with Crippen LogP contribution in [0.3, 0.4) is 0 Å². The maximum Gasteiger partial charge on any atom is 0.140 e. The fourth-order valence-corrected chi connectivity index (χ4v) is 1.67. The van der Waals surface area contributed by atoms with Crippen LogP contribution in [0.25, 0.3) is 0 Å². The monoisotopic (exact) mass is 178 g/mol. The number of nitrogens with one attached hydrogen (secondary N) is 1.